The van der Waals surface area contributed by atoms with Crippen LogP contribution in [0.5, 0.6) is 11.5 Å². The molecule has 1 aromatic rings. The van der Waals surface area contributed by atoms with Crippen LogP contribution in [-0.2, 0) is 0 Å². The molecule has 0 aliphatic heterocycles. The Balaban J connectivity index is 2.57. The summed E-state index contributed by atoms with van der Waals surface area (Å²) < 4.78 is 10.9. The van der Waals surface area contributed by atoms with E-state index in [1.807, 2.05) is 20.8 Å². The number of aliphatic hydroxyl groups is 1. The molecule has 1 heterocycles. The van der Waals surface area contributed by atoms with Gasteiger partial charge in [0.05, 0.1) is 32.2 Å². The Hall–Kier alpha value is -1.29. The fourth-order valence-electron chi connectivity index (χ4n) is 1.05. The summed E-state index contributed by atoms with van der Waals surface area (Å²) in [6.07, 6.45) is 3.28. The van der Waals surface area contributed by atoms with Gasteiger partial charge < -0.3 is 14.6 Å². The maximum absolute atomic E-state index is 9.09. The van der Waals surface area contributed by atoms with Gasteiger partial charge in [0.1, 0.15) is 11.5 Å². The Morgan fingerprint density at radius 1 is 1.25 bits per heavy atom. The van der Waals surface area contributed by atoms with Gasteiger partial charge >= 0.3 is 0 Å². The number of rotatable bonds is 6. The van der Waals surface area contributed by atoms with Crippen LogP contribution in [0, 0.1) is 5.41 Å². The number of aromatic nitrogens is 1. The minimum absolute atomic E-state index is 0.0889. The Bertz CT molecular complexity index is 326. The molecule has 4 nitrogen and oxygen atoms in total. The standard InChI is InChI=1S/C12H19NO3/c1-4-15-10-5-11(7-13-6-10)16-9-12(2,3)8-14/h5-7,14H,4,8-9H2,1-3H3. The first-order chi connectivity index (χ1) is 7.57. The monoisotopic (exact) mass is 225 g/mol. The summed E-state index contributed by atoms with van der Waals surface area (Å²) in [5, 5.41) is 9.09. The lowest BCUT2D eigenvalue weighted by Crippen LogP contribution is -2.25. The molecule has 0 aromatic carbocycles. The van der Waals surface area contributed by atoms with Gasteiger partial charge in [0.2, 0.25) is 0 Å². The van der Waals surface area contributed by atoms with Crippen molar-refractivity contribution in [1.29, 1.82) is 0 Å². The van der Waals surface area contributed by atoms with Gasteiger partial charge in [-0.2, -0.15) is 0 Å². The molecule has 0 spiro atoms. The highest BCUT2D eigenvalue weighted by atomic mass is 16.5. The predicted octanol–water partition coefficient (Wildman–Crippen LogP) is 1.88. The molecule has 0 amide bonds. The largest absolute Gasteiger partial charge is 0.492 e. The zero-order chi connectivity index (χ0) is 12.0. The molecule has 0 bridgehead atoms. The van der Waals surface area contributed by atoms with Crippen LogP contribution in [-0.4, -0.2) is 29.9 Å². The SMILES string of the molecule is CCOc1cncc(OCC(C)(C)CO)c1. The van der Waals surface area contributed by atoms with Crippen molar-refractivity contribution in [3.8, 4) is 11.5 Å². The first-order valence-electron chi connectivity index (χ1n) is 5.39. The lowest BCUT2D eigenvalue weighted by Gasteiger charge is -2.21. The van der Waals surface area contributed by atoms with Gasteiger partial charge in [-0.25, -0.2) is 0 Å². The van der Waals surface area contributed by atoms with E-state index in [2.05, 4.69) is 4.98 Å². The van der Waals surface area contributed by atoms with Crippen LogP contribution in [0.4, 0.5) is 0 Å². The second-order valence-electron chi connectivity index (χ2n) is 4.40. The second kappa shape index (κ2) is 5.70. The van der Waals surface area contributed by atoms with Gasteiger partial charge in [-0.15, -0.1) is 0 Å². The highest BCUT2D eigenvalue weighted by molar-refractivity contribution is 5.28. The third-order valence-electron chi connectivity index (χ3n) is 2.06. The van der Waals surface area contributed by atoms with Gasteiger partial charge in [0.25, 0.3) is 0 Å². The molecule has 0 unspecified atom stereocenters. The molecule has 0 aliphatic carbocycles. The lowest BCUT2D eigenvalue weighted by atomic mass is 9.97. The van der Waals surface area contributed by atoms with E-state index in [1.54, 1.807) is 18.5 Å². The summed E-state index contributed by atoms with van der Waals surface area (Å²) >= 11 is 0. The van der Waals surface area contributed by atoms with E-state index < -0.39 is 0 Å². The van der Waals surface area contributed by atoms with Crippen molar-refractivity contribution >= 4 is 0 Å². The van der Waals surface area contributed by atoms with Crippen molar-refractivity contribution in [3.05, 3.63) is 18.5 Å². The quantitative estimate of drug-likeness (QED) is 0.803. The summed E-state index contributed by atoms with van der Waals surface area (Å²) in [5.41, 5.74) is -0.248. The molecule has 4 heteroatoms. The average molecular weight is 225 g/mol. The number of ether oxygens (including phenoxy) is 2. The van der Waals surface area contributed by atoms with Gasteiger partial charge in [0.15, 0.2) is 0 Å². The molecular weight excluding hydrogens is 206 g/mol. The number of nitrogens with zero attached hydrogens (tertiary/aromatic N) is 1. The first-order valence-corrected chi connectivity index (χ1v) is 5.39. The summed E-state index contributed by atoms with van der Waals surface area (Å²) in [6, 6.07) is 1.80. The smallest absolute Gasteiger partial charge is 0.141 e. The molecule has 1 aromatic heterocycles. The Kier molecular flexibility index (Phi) is 4.55. The molecule has 90 valence electrons. The zero-order valence-corrected chi connectivity index (χ0v) is 10.1. The maximum atomic E-state index is 9.09. The van der Waals surface area contributed by atoms with E-state index in [0.29, 0.717) is 24.7 Å². The normalized spacial score (nSPS) is 11.2. The summed E-state index contributed by atoms with van der Waals surface area (Å²) in [4.78, 5) is 4.02. The van der Waals surface area contributed by atoms with Gasteiger partial charge in [0, 0.05) is 11.5 Å². The van der Waals surface area contributed by atoms with E-state index in [0.717, 1.165) is 0 Å². The minimum atomic E-state index is -0.248. The minimum Gasteiger partial charge on any atom is -0.492 e. The van der Waals surface area contributed by atoms with Crippen molar-refractivity contribution in [2.45, 2.75) is 20.8 Å². The van der Waals surface area contributed by atoms with Crippen LogP contribution in [0.15, 0.2) is 18.5 Å². The van der Waals surface area contributed by atoms with Crippen molar-refractivity contribution in [2.24, 2.45) is 5.41 Å². The molecule has 0 saturated carbocycles. The van der Waals surface area contributed by atoms with Crippen molar-refractivity contribution < 1.29 is 14.6 Å². The van der Waals surface area contributed by atoms with Crippen LogP contribution in [0.1, 0.15) is 20.8 Å². The molecule has 0 fully saturated rings. The second-order valence-corrected chi connectivity index (χ2v) is 4.40. The van der Waals surface area contributed by atoms with Crippen LogP contribution in [0.25, 0.3) is 0 Å². The van der Waals surface area contributed by atoms with Crippen LogP contribution < -0.4 is 9.47 Å². The van der Waals surface area contributed by atoms with Crippen LogP contribution >= 0.6 is 0 Å². The predicted molar refractivity (Wildman–Crippen MR) is 61.8 cm³/mol. The molecular formula is C12H19NO3. The van der Waals surface area contributed by atoms with Crippen LogP contribution in [0.3, 0.4) is 0 Å². The summed E-state index contributed by atoms with van der Waals surface area (Å²) in [7, 11) is 0. The fourth-order valence-corrected chi connectivity index (χ4v) is 1.05. The van der Waals surface area contributed by atoms with Crippen molar-refractivity contribution in [1.82, 2.24) is 4.98 Å². The van der Waals surface area contributed by atoms with E-state index in [-0.39, 0.29) is 12.0 Å². The number of aliphatic hydroxyl groups excluding tert-OH is 1. The lowest BCUT2D eigenvalue weighted by molar-refractivity contribution is 0.0972. The maximum Gasteiger partial charge on any atom is 0.141 e. The Labute approximate surface area is 96.2 Å². The zero-order valence-electron chi connectivity index (χ0n) is 10.1. The van der Waals surface area contributed by atoms with Gasteiger partial charge in [-0.05, 0) is 6.92 Å². The van der Waals surface area contributed by atoms with E-state index in [1.165, 1.54) is 0 Å². The van der Waals surface area contributed by atoms with Crippen LogP contribution in [0.2, 0.25) is 0 Å². The van der Waals surface area contributed by atoms with Crippen molar-refractivity contribution in [2.75, 3.05) is 19.8 Å². The fraction of sp³-hybridized carbons (Fsp3) is 0.583. The first kappa shape index (κ1) is 12.8. The molecule has 1 rings (SSSR count). The van der Waals surface area contributed by atoms with Crippen molar-refractivity contribution in [3.63, 3.8) is 0 Å². The summed E-state index contributed by atoms with van der Waals surface area (Å²) in [6.45, 7) is 6.93. The molecule has 1 N–H and O–H groups in total. The van der Waals surface area contributed by atoms with E-state index in [4.69, 9.17) is 14.6 Å². The highest BCUT2D eigenvalue weighted by Gasteiger charge is 2.17. The Morgan fingerprint density at radius 2 is 1.88 bits per heavy atom. The number of pyridine rings is 1. The third kappa shape index (κ3) is 4.06. The third-order valence-corrected chi connectivity index (χ3v) is 2.06. The summed E-state index contributed by atoms with van der Waals surface area (Å²) in [5.74, 6) is 1.36. The number of hydrogen-bond acceptors (Lipinski definition) is 4. The molecule has 0 aliphatic rings. The number of hydrogen-bond donors (Lipinski definition) is 1. The average Bonchev–Trinajstić information content (AvgIpc) is 2.28. The van der Waals surface area contributed by atoms with Gasteiger partial charge in [-0.1, -0.05) is 13.8 Å². The Morgan fingerprint density at radius 3 is 2.44 bits per heavy atom. The van der Waals surface area contributed by atoms with E-state index in [9.17, 15) is 0 Å². The molecule has 0 saturated heterocycles. The molecule has 0 atom stereocenters. The topological polar surface area (TPSA) is 51.6 Å². The highest BCUT2D eigenvalue weighted by Crippen LogP contribution is 2.20. The van der Waals surface area contributed by atoms with Gasteiger partial charge in [-0.3, -0.25) is 4.98 Å². The molecule has 16 heavy (non-hydrogen) atoms. The molecule has 0 radical (unpaired) electrons. The van der Waals surface area contributed by atoms with E-state index >= 15 is 0 Å².